The Morgan fingerprint density at radius 2 is 1.97 bits per heavy atom. The Balaban J connectivity index is 1.52. The molecule has 9 nitrogen and oxygen atoms in total. The zero-order chi connectivity index (χ0) is 28.6. The minimum absolute atomic E-state index is 0.0275. The number of benzene rings is 1. The summed E-state index contributed by atoms with van der Waals surface area (Å²) in [6.07, 6.45) is -3.38. The molecule has 2 unspecified atom stereocenters. The van der Waals surface area contributed by atoms with Crippen molar-refractivity contribution in [3.8, 4) is 11.8 Å². The number of carbonyl (C=O) groups excluding carboxylic acids is 1. The number of hydrogen-bond acceptors (Lipinski definition) is 7. The number of nitriles is 1. The molecule has 0 radical (unpaired) electrons. The number of hydrogen-bond donors (Lipinski definition) is 2. The molecule has 13 heteroatoms. The van der Waals surface area contributed by atoms with E-state index in [0.717, 1.165) is 0 Å². The fraction of sp³-hybridized carbons (Fsp3) is 0.500. The molecule has 208 valence electrons. The third-order valence-electron chi connectivity index (χ3n) is 7.05. The molecule has 2 aliphatic rings. The Bertz CT molecular complexity index is 1350. The van der Waals surface area contributed by atoms with Gasteiger partial charge < -0.3 is 19.4 Å². The third-order valence-corrected chi connectivity index (χ3v) is 7.05. The quantitative estimate of drug-likeness (QED) is 0.337. The molecule has 0 saturated carbocycles. The lowest BCUT2D eigenvalue weighted by Gasteiger charge is -2.42. The molecular formula is C26H29F4N7O2. The maximum absolute atomic E-state index is 15.2. The van der Waals surface area contributed by atoms with E-state index < -0.39 is 29.6 Å². The molecular weight excluding hydrogens is 518 g/mol. The minimum Gasteiger partial charge on any atom is -0.488 e. The van der Waals surface area contributed by atoms with E-state index >= 15 is 4.39 Å². The van der Waals surface area contributed by atoms with E-state index in [9.17, 15) is 23.2 Å². The van der Waals surface area contributed by atoms with Crippen LogP contribution in [0.1, 0.15) is 32.8 Å². The van der Waals surface area contributed by atoms with Crippen molar-refractivity contribution in [3.63, 3.8) is 0 Å². The number of nitrogens with zero attached hydrogens (tertiary/aromatic N) is 5. The molecule has 2 saturated heterocycles. The van der Waals surface area contributed by atoms with Crippen molar-refractivity contribution in [1.29, 1.82) is 16.1 Å². The van der Waals surface area contributed by atoms with Gasteiger partial charge >= 0.3 is 6.18 Å². The predicted octanol–water partition coefficient (Wildman–Crippen LogP) is 4.16. The number of piperazine rings is 1. The van der Waals surface area contributed by atoms with Gasteiger partial charge in [-0.1, -0.05) is 6.92 Å². The number of amidine groups is 2. The van der Waals surface area contributed by atoms with Crippen LogP contribution >= 0.6 is 0 Å². The van der Waals surface area contributed by atoms with Gasteiger partial charge in [-0.2, -0.15) is 18.4 Å². The number of fused-ring (bicyclic) bond motifs is 1. The lowest BCUT2D eigenvalue weighted by Crippen LogP contribution is -2.58. The van der Waals surface area contributed by atoms with Crippen LogP contribution in [-0.2, 0) is 4.79 Å². The largest absolute Gasteiger partial charge is 0.488 e. The number of halogens is 4. The minimum atomic E-state index is -4.87. The van der Waals surface area contributed by atoms with Crippen molar-refractivity contribution in [2.24, 2.45) is 11.8 Å². The summed E-state index contributed by atoms with van der Waals surface area (Å²) >= 11 is 0. The Morgan fingerprint density at radius 3 is 2.56 bits per heavy atom. The van der Waals surface area contributed by atoms with E-state index in [0.29, 0.717) is 35.5 Å². The van der Waals surface area contributed by atoms with Gasteiger partial charge in [0.2, 0.25) is 11.7 Å². The number of amides is 1. The average Bonchev–Trinajstić information content (AvgIpc) is 2.88. The fourth-order valence-corrected chi connectivity index (χ4v) is 5.20. The zero-order valence-electron chi connectivity index (χ0n) is 21.8. The van der Waals surface area contributed by atoms with Crippen LogP contribution in [0.2, 0.25) is 0 Å². The summed E-state index contributed by atoms with van der Waals surface area (Å²) < 4.78 is 59.5. The lowest BCUT2D eigenvalue weighted by molar-refractivity contribution is -0.137. The molecule has 0 bridgehead atoms. The molecule has 4 rings (SSSR count). The monoisotopic (exact) mass is 547 g/mol. The van der Waals surface area contributed by atoms with Gasteiger partial charge in [-0.3, -0.25) is 20.6 Å². The van der Waals surface area contributed by atoms with Gasteiger partial charge in [-0.25, -0.2) is 4.39 Å². The van der Waals surface area contributed by atoms with Crippen LogP contribution in [0.25, 0.3) is 10.9 Å². The molecule has 1 amide bonds. The summed E-state index contributed by atoms with van der Waals surface area (Å²) in [6.45, 7) is 5.59. The van der Waals surface area contributed by atoms with E-state index in [2.05, 4.69) is 11.1 Å². The highest BCUT2D eigenvalue weighted by molar-refractivity contribution is 6.03. The molecule has 2 aromatic rings. The van der Waals surface area contributed by atoms with E-state index in [1.54, 1.807) is 19.9 Å². The van der Waals surface area contributed by atoms with Gasteiger partial charge in [0.1, 0.15) is 17.4 Å². The van der Waals surface area contributed by atoms with Crippen LogP contribution in [0.5, 0.6) is 5.75 Å². The SMILES string of the molecule is CC(C)Oc1ccc2c(N3CCC(C(=O)N4CCN(C(=N)C(F)(F)F)C(=N)C4)C(C)C3)c(C#N)cnc2c1F. The molecule has 1 aromatic heterocycles. The van der Waals surface area contributed by atoms with Crippen LogP contribution in [0, 0.1) is 39.8 Å². The smallest absolute Gasteiger partial charge is 0.449 e. The predicted molar refractivity (Wildman–Crippen MR) is 136 cm³/mol. The number of pyridine rings is 1. The maximum Gasteiger partial charge on any atom is 0.449 e. The van der Waals surface area contributed by atoms with Crippen LogP contribution in [0.4, 0.5) is 23.2 Å². The number of aromatic nitrogens is 1. The lowest BCUT2D eigenvalue weighted by atomic mass is 9.85. The molecule has 0 aliphatic carbocycles. The van der Waals surface area contributed by atoms with Crippen molar-refractivity contribution in [3.05, 3.63) is 29.7 Å². The highest BCUT2D eigenvalue weighted by Gasteiger charge is 2.43. The number of nitrogens with one attached hydrogen (secondary N) is 2. The van der Waals surface area contributed by atoms with Gasteiger partial charge in [-0.15, -0.1) is 0 Å². The summed E-state index contributed by atoms with van der Waals surface area (Å²) in [6, 6.07) is 5.30. The van der Waals surface area contributed by atoms with Crippen molar-refractivity contribution in [2.45, 2.75) is 39.5 Å². The normalized spacial score (nSPS) is 20.4. The molecule has 1 aromatic carbocycles. The topological polar surface area (TPSA) is 120 Å². The van der Waals surface area contributed by atoms with Crippen LogP contribution in [-0.4, -0.2) is 77.4 Å². The summed E-state index contributed by atoms with van der Waals surface area (Å²) in [5, 5.41) is 25.5. The molecule has 2 N–H and O–H groups in total. The molecule has 2 atom stereocenters. The molecule has 2 fully saturated rings. The van der Waals surface area contributed by atoms with Gasteiger partial charge in [0, 0.05) is 43.7 Å². The third kappa shape index (κ3) is 5.46. The van der Waals surface area contributed by atoms with Crippen molar-refractivity contribution in [1.82, 2.24) is 14.8 Å². The number of anilines is 1. The van der Waals surface area contributed by atoms with Gasteiger partial charge in [0.05, 0.1) is 23.9 Å². The van der Waals surface area contributed by atoms with Crippen LogP contribution in [0.3, 0.4) is 0 Å². The Morgan fingerprint density at radius 1 is 1.26 bits per heavy atom. The number of ether oxygens (including phenoxy) is 1. The molecule has 3 heterocycles. The maximum atomic E-state index is 15.2. The first kappa shape index (κ1) is 28.1. The highest BCUT2D eigenvalue weighted by atomic mass is 19.4. The first-order valence-corrected chi connectivity index (χ1v) is 12.6. The first-order valence-electron chi connectivity index (χ1n) is 12.6. The first-order chi connectivity index (χ1) is 18.3. The second kappa shape index (κ2) is 10.7. The Hall–Kier alpha value is -3.95. The average molecular weight is 548 g/mol. The van der Waals surface area contributed by atoms with E-state index in [4.69, 9.17) is 15.6 Å². The summed E-state index contributed by atoms with van der Waals surface area (Å²) in [7, 11) is 0. The van der Waals surface area contributed by atoms with Crippen molar-refractivity contribution >= 4 is 34.2 Å². The summed E-state index contributed by atoms with van der Waals surface area (Å²) in [5.74, 6) is -3.52. The molecule has 2 aliphatic heterocycles. The number of rotatable bonds is 4. The highest BCUT2D eigenvalue weighted by Crippen LogP contribution is 2.37. The number of alkyl halides is 3. The second-order valence-corrected chi connectivity index (χ2v) is 10.1. The molecule has 0 spiro atoms. The van der Waals surface area contributed by atoms with Gasteiger partial charge in [0.15, 0.2) is 11.6 Å². The van der Waals surface area contributed by atoms with Crippen molar-refractivity contribution in [2.75, 3.05) is 37.6 Å². The van der Waals surface area contributed by atoms with Crippen LogP contribution in [0.15, 0.2) is 18.3 Å². The number of piperidine rings is 1. The number of carbonyl (C=O) groups is 1. The second-order valence-electron chi connectivity index (χ2n) is 10.1. The standard InChI is InChI=1S/C26H29F4N7O2/c1-14(2)39-19-5-4-18-22(21(19)27)34-11-16(10-31)23(18)35-7-6-17(15(3)12-35)24(38)36-8-9-37(20(32)13-36)25(33)26(28,29)30/h4-5,11,14-15,17,32-33H,6-9,12-13H2,1-3H3. The molecule has 39 heavy (non-hydrogen) atoms. The van der Waals surface area contributed by atoms with Crippen LogP contribution < -0.4 is 9.64 Å². The summed E-state index contributed by atoms with van der Waals surface area (Å²) in [4.78, 5) is 21.4. The van der Waals surface area contributed by atoms with Crippen molar-refractivity contribution < 1.29 is 27.1 Å². The van der Waals surface area contributed by atoms with E-state index in [1.807, 2.05) is 11.8 Å². The summed E-state index contributed by atoms with van der Waals surface area (Å²) in [5.41, 5.74) is 0.873. The Kier molecular flexibility index (Phi) is 7.68. The van der Waals surface area contributed by atoms with Gasteiger partial charge in [0.25, 0.3) is 0 Å². The fourth-order valence-electron chi connectivity index (χ4n) is 5.20. The van der Waals surface area contributed by atoms with E-state index in [1.165, 1.54) is 17.2 Å². The zero-order valence-corrected chi connectivity index (χ0v) is 21.8. The van der Waals surface area contributed by atoms with Gasteiger partial charge in [-0.05, 0) is 38.3 Å². The Labute approximate surface area is 223 Å². The van der Waals surface area contributed by atoms with E-state index in [-0.39, 0.29) is 54.4 Å².